The molecule has 0 aromatic heterocycles. The van der Waals surface area contributed by atoms with E-state index in [0.717, 1.165) is 36.2 Å². The van der Waals surface area contributed by atoms with Gasteiger partial charge in [0.15, 0.2) is 0 Å². The molecular formula is C29H34ClNO2. The number of phenols is 1. The number of phenolic OH excluding ortho intramolecular Hbond substituents is 1. The topological polar surface area (TPSA) is 43.7 Å². The second kappa shape index (κ2) is 11.5. The number of hydrogen-bond acceptors (Lipinski definition) is 3. The van der Waals surface area contributed by atoms with Gasteiger partial charge in [-0.2, -0.15) is 0 Å². The highest BCUT2D eigenvalue weighted by Gasteiger charge is 2.29. The van der Waals surface area contributed by atoms with Gasteiger partial charge in [0.05, 0.1) is 0 Å². The smallest absolute Gasteiger partial charge is 0.115 e. The normalized spacial score (nSPS) is 15.0. The number of halogens is 1. The molecule has 1 fully saturated rings. The first-order valence-corrected chi connectivity index (χ1v) is 11.6. The molecule has 174 valence electrons. The Morgan fingerprint density at radius 2 is 1.42 bits per heavy atom. The highest BCUT2D eigenvalue weighted by Crippen LogP contribution is 2.37. The van der Waals surface area contributed by atoms with Crippen molar-refractivity contribution in [1.82, 2.24) is 4.90 Å². The van der Waals surface area contributed by atoms with Gasteiger partial charge in [-0.05, 0) is 72.2 Å². The van der Waals surface area contributed by atoms with Crippen molar-refractivity contribution in [2.75, 3.05) is 19.7 Å². The van der Waals surface area contributed by atoms with Gasteiger partial charge in [0.2, 0.25) is 0 Å². The minimum atomic E-state index is 0. The van der Waals surface area contributed by atoms with E-state index in [1.54, 1.807) is 12.1 Å². The fourth-order valence-corrected chi connectivity index (χ4v) is 4.52. The Labute approximate surface area is 203 Å². The molecule has 0 bridgehead atoms. The maximum absolute atomic E-state index is 9.84. The Morgan fingerprint density at radius 1 is 0.848 bits per heavy atom. The van der Waals surface area contributed by atoms with E-state index in [1.165, 1.54) is 16.7 Å². The molecule has 0 atom stereocenters. The number of rotatable bonds is 8. The molecule has 0 aliphatic carbocycles. The third-order valence-electron chi connectivity index (χ3n) is 6.48. The van der Waals surface area contributed by atoms with Gasteiger partial charge in [0, 0.05) is 31.7 Å². The number of likely N-dealkylation sites (tertiary alicyclic amines) is 1. The van der Waals surface area contributed by atoms with Crippen molar-refractivity contribution in [3.8, 4) is 5.75 Å². The minimum absolute atomic E-state index is 0. The van der Waals surface area contributed by atoms with Crippen molar-refractivity contribution in [3.05, 3.63) is 101 Å². The number of benzene rings is 3. The Morgan fingerprint density at radius 3 is 1.97 bits per heavy atom. The van der Waals surface area contributed by atoms with Gasteiger partial charge in [-0.1, -0.05) is 66.7 Å². The standard InChI is InChI=1S/C29H33NO2.ClH/c1-21(2)30-19-26(20-30)22-10-12-24(13-11-22)29(25-14-16-27(32)17-15-25)28(9-6-18-31)23-7-4-3-5-8-23;/h3-5,7-8,10-17,21,26,31-32H,6,9,18-20H2,1-2H3;1H/b29-28+;. The zero-order chi connectivity index (χ0) is 22.5. The summed E-state index contributed by atoms with van der Waals surface area (Å²) in [5.41, 5.74) is 7.17. The molecule has 0 amide bonds. The Kier molecular flexibility index (Phi) is 8.74. The minimum Gasteiger partial charge on any atom is -0.508 e. The van der Waals surface area contributed by atoms with Crippen molar-refractivity contribution in [1.29, 1.82) is 0 Å². The lowest BCUT2D eigenvalue weighted by Gasteiger charge is -2.42. The van der Waals surface area contributed by atoms with Crippen LogP contribution in [0.25, 0.3) is 11.1 Å². The molecule has 0 saturated carbocycles. The molecular weight excluding hydrogens is 430 g/mol. The highest BCUT2D eigenvalue weighted by molar-refractivity contribution is 5.98. The second-order valence-corrected chi connectivity index (χ2v) is 8.96. The van der Waals surface area contributed by atoms with Gasteiger partial charge in [0.25, 0.3) is 0 Å². The average molecular weight is 464 g/mol. The first-order valence-electron chi connectivity index (χ1n) is 11.6. The van der Waals surface area contributed by atoms with Crippen molar-refractivity contribution in [2.45, 2.75) is 38.6 Å². The Hall–Kier alpha value is -2.59. The van der Waals surface area contributed by atoms with E-state index in [0.29, 0.717) is 18.4 Å². The molecule has 3 aromatic rings. The average Bonchev–Trinajstić information content (AvgIpc) is 2.77. The van der Waals surface area contributed by atoms with Crippen LogP contribution < -0.4 is 0 Å². The summed E-state index contributed by atoms with van der Waals surface area (Å²) in [4.78, 5) is 2.50. The largest absolute Gasteiger partial charge is 0.508 e. The zero-order valence-corrected chi connectivity index (χ0v) is 20.3. The predicted molar refractivity (Wildman–Crippen MR) is 140 cm³/mol. The fraction of sp³-hybridized carbons (Fsp3) is 0.310. The molecule has 1 aliphatic heterocycles. The lowest BCUT2D eigenvalue weighted by molar-refractivity contribution is 0.110. The van der Waals surface area contributed by atoms with Crippen LogP contribution in [-0.4, -0.2) is 40.9 Å². The SMILES string of the molecule is CC(C)N1CC(c2ccc(/C(=C(/CCCO)c3ccccc3)c3ccc(O)cc3)cc2)C1.Cl. The van der Waals surface area contributed by atoms with E-state index in [4.69, 9.17) is 0 Å². The third-order valence-corrected chi connectivity index (χ3v) is 6.48. The van der Waals surface area contributed by atoms with E-state index < -0.39 is 0 Å². The summed E-state index contributed by atoms with van der Waals surface area (Å²) in [6.45, 7) is 6.93. The monoisotopic (exact) mass is 463 g/mol. The van der Waals surface area contributed by atoms with Gasteiger partial charge < -0.3 is 10.2 Å². The van der Waals surface area contributed by atoms with Crippen LogP contribution in [0.4, 0.5) is 0 Å². The number of aliphatic hydroxyl groups is 1. The van der Waals surface area contributed by atoms with Crippen LogP contribution >= 0.6 is 12.4 Å². The molecule has 4 rings (SSSR count). The molecule has 0 spiro atoms. The number of aliphatic hydroxyl groups excluding tert-OH is 1. The molecule has 1 aliphatic rings. The summed E-state index contributed by atoms with van der Waals surface area (Å²) in [5, 5.41) is 19.4. The van der Waals surface area contributed by atoms with E-state index in [-0.39, 0.29) is 24.8 Å². The molecule has 1 saturated heterocycles. The number of aromatic hydroxyl groups is 1. The molecule has 0 unspecified atom stereocenters. The number of nitrogens with zero attached hydrogens (tertiary/aromatic N) is 1. The van der Waals surface area contributed by atoms with E-state index in [9.17, 15) is 10.2 Å². The number of allylic oxidation sites excluding steroid dienone is 1. The van der Waals surface area contributed by atoms with Crippen molar-refractivity contribution in [2.24, 2.45) is 0 Å². The van der Waals surface area contributed by atoms with E-state index in [1.807, 2.05) is 18.2 Å². The Balaban J connectivity index is 0.00000306. The van der Waals surface area contributed by atoms with Crippen molar-refractivity contribution in [3.63, 3.8) is 0 Å². The maximum Gasteiger partial charge on any atom is 0.115 e. The molecule has 3 nitrogen and oxygen atoms in total. The van der Waals surface area contributed by atoms with Gasteiger partial charge in [-0.25, -0.2) is 0 Å². The third kappa shape index (κ3) is 5.86. The van der Waals surface area contributed by atoms with Gasteiger partial charge in [0.1, 0.15) is 5.75 Å². The van der Waals surface area contributed by atoms with E-state index >= 15 is 0 Å². The van der Waals surface area contributed by atoms with Crippen LogP contribution in [0.2, 0.25) is 0 Å². The van der Waals surface area contributed by atoms with Crippen molar-refractivity contribution < 1.29 is 10.2 Å². The molecule has 3 aromatic carbocycles. The molecule has 2 N–H and O–H groups in total. The number of hydrogen-bond donors (Lipinski definition) is 2. The second-order valence-electron chi connectivity index (χ2n) is 8.96. The first kappa shape index (κ1) is 25.0. The van der Waals surface area contributed by atoms with Crippen LogP contribution in [0.5, 0.6) is 5.75 Å². The summed E-state index contributed by atoms with van der Waals surface area (Å²) in [5.74, 6) is 0.871. The maximum atomic E-state index is 9.84. The molecule has 0 radical (unpaired) electrons. The highest BCUT2D eigenvalue weighted by atomic mass is 35.5. The van der Waals surface area contributed by atoms with Gasteiger partial charge >= 0.3 is 0 Å². The Bertz CT molecular complexity index is 1040. The summed E-state index contributed by atoms with van der Waals surface area (Å²) in [6.07, 6.45) is 1.49. The van der Waals surface area contributed by atoms with Gasteiger partial charge in [-0.15, -0.1) is 12.4 Å². The summed E-state index contributed by atoms with van der Waals surface area (Å²) >= 11 is 0. The molecule has 33 heavy (non-hydrogen) atoms. The van der Waals surface area contributed by atoms with E-state index in [2.05, 4.69) is 67.3 Å². The van der Waals surface area contributed by atoms with Crippen LogP contribution in [0.3, 0.4) is 0 Å². The fourth-order valence-electron chi connectivity index (χ4n) is 4.52. The first-order chi connectivity index (χ1) is 15.6. The molecule has 1 heterocycles. The quantitative estimate of drug-likeness (QED) is 0.382. The lowest BCUT2D eigenvalue weighted by atomic mass is 9.85. The van der Waals surface area contributed by atoms with Crippen LogP contribution in [0.15, 0.2) is 78.9 Å². The summed E-state index contributed by atoms with van der Waals surface area (Å²) < 4.78 is 0. The summed E-state index contributed by atoms with van der Waals surface area (Å²) in [6, 6.07) is 27.5. The van der Waals surface area contributed by atoms with Gasteiger partial charge in [-0.3, -0.25) is 4.90 Å². The lowest BCUT2D eigenvalue weighted by Crippen LogP contribution is -2.48. The zero-order valence-electron chi connectivity index (χ0n) is 19.4. The summed E-state index contributed by atoms with van der Waals surface area (Å²) in [7, 11) is 0. The van der Waals surface area contributed by atoms with Crippen molar-refractivity contribution >= 4 is 23.6 Å². The van der Waals surface area contributed by atoms with Crippen LogP contribution in [0.1, 0.15) is 54.9 Å². The van der Waals surface area contributed by atoms with Crippen LogP contribution in [-0.2, 0) is 0 Å². The van der Waals surface area contributed by atoms with Crippen LogP contribution in [0, 0.1) is 0 Å². The predicted octanol–water partition coefficient (Wildman–Crippen LogP) is 6.35. The molecule has 4 heteroatoms.